The Morgan fingerprint density at radius 2 is 1.81 bits per heavy atom. The van der Waals surface area contributed by atoms with E-state index in [1.54, 1.807) is 0 Å². The molecule has 2 N–H and O–H groups in total. The summed E-state index contributed by atoms with van der Waals surface area (Å²) in [5.41, 5.74) is 6.25. The number of hydrogen-bond acceptors (Lipinski definition) is 2. The van der Waals surface area contributed by atoms with E-state index in [-0.39, 0.29) is 0 Å². The summed E-state index contributed by atoms with van der Waals surface area (Å²) in [7, 11) is 0. The molecule has 0 aromatic carbocycles. The quantitative estimate of drug-likeness (QED) is 0.798. The molecule has 0 aromatic heterocycles. The van der Waals surface area contributed by atoms with Crippen molar-refractivity contribution >= 4 is 0 Å². The van der Waals surface area contributed by atoms with Crippen LogP contribution in [0, 0.1) is 11.3 Å². The maximum absolute atomic E-state index is 5.94. The molecule has 1 rings (SSSR count). The SMILES string of the molecule is CCCC1CCN(C(CN)C(C)(C)C)CC1. The van der Waals surface area contributed by atoms with Crippen molar-refractivity contribution in [2.24, 2.45) is 17.1 Å². The van der Waals surface area contributed by atoms with Crippen LogP contribution < -0.4 is 5.73 Å². The minimum absolute atomic E-state index is 0.312. The van der Waals surface area contributed by atoms with Crippen LogP contribution in [0.3, 0.4) is 0 Å². The smallest absolute Gasteiger partial charge is 0.0266 e. The van der Waals surface area contributed by atoms with Gasteiger partial charge in [-0.3, -0.25) is 4.90 Å². The Morgan fingerprint density at radius 3 is 2.19 bits per heavy atom. The summed E-state index contributed by atoms with van der Waals surface area (Å²) in [6, 6.07) is 0.551. The summed E-state index contributed by atoms with van der Waals surface area (Å²) >= 11 is 0. The second-order valence-corrected chi connectivity index (χ2v) is 6.39. The number of rotatable bonds is 4. The number of likely N-dealkylation sites (tertiary alicyclic amines) is 1. The number of nitrogens with two attached hydrogens (primary N) is 1. The van der Waals surface area contributed by atoms with Crippen LogP contribution in [0.1, 0.15) is 53.4 Å². The molecule has 0 bridgehead atoms. The van der Waals surface area contributed by atoms with Gasteiger partial charge in [-0.15, -0.1) is 0 Å². The highest BCUT2D eigenvalue weighted by atomic mass is 15.2. The van der Waals surface area contributed by atoms with Gasteiger partial charge in [0.2, 0.25) is 0 Å². The maximum atomic E-state index is 5.94. The Balaban J connectivity index is 2.45. The molecule has 0 radical (unpaired) electrons. The second-order valence-electron chi connectivity index (χ2n) is 6.39. The van der Waals surface area contributed by atoms with Gasteiger partial charge in [-0.25, -0.2) is 0 Å². The molecule has 1 atom stereocenters. The highest BCUT2D eigenvalue weighted by Gasteiger charge is 2.31. The Kier molecular flexibility index (Phi) is 5.26. The lowest BCUT2D eigenvalue weighted by molar-refractivity contribution is 0.0671. The standard InChI is InChI=1S/C14H30N2/c1-5-6-12-7-9-16(10-8-12)13(11-15)14(2,3)4/h12-13H,5-11,15H2,1-4H3. The van der Waals surface area contributed by atoms with Gasteiger partial charge >= 0.3 is 0 Å². The molecule has 0 saturated carbocycles. The van der Waals surface area contributed by atoms with Gasteiger partial charge in [0.1, 0.15) is 0 Å². The molecule has 1 aliphatic rings. The van der Waals surface area contributed by atoms with Crippen molar-refractivity contribution < 1.29 is 0 Å². The molecule has 2 nitrogen and oxygen atoms in total. The molecular weight excluding hydrogens is 196 g/mol. The summed E-state index contributed by atoms with van der Waals surface area (Å²) in [4.78, 5) is 2.62. The van der Waals surface area contributed by atoms with Crippen LogP contribution in [0.25, 0.3) is 0 Å². The normalized spacial score (nSPS) is 22.3. The van der Waals surface area contributed by atoms with Crippen molar-refractivity contribution in [2.45, 2.75) is 59.4 Å². The highest BCUT2D eigenvalue weighted by Crippen LogP contribution is 2.29. The molecule has 16 heavy (non-hydrogen) atoms. The minimum Gasteiger partial charge on any atom is -0.329 e. The largest absolute Gasteiger partial charge is 0.329 e. The molecule has 1 unspecified atom stereocenters. The maximum Gasteiger partial charge on any atom is 0.0266 e. The van der Waals surface area contributed by atoms with E-state index in [4.69, 9.17) is 5.73 Å². The topological polar surface area (TPSA) is 29.3 Å². The summed E-state index contributed by atoms with van der Waals surface area (Å²) < 4.78 is 0. The third-order valence-corrected chi connectivity index (χ3v) is 4.01. The van der Waals surface area contributed by atoms with Crippen LogP contribution in [0.5, 0.6) is 0 Å². The Hall–Kier alpha value is -0.0800. The van der Waals surface area contributed by atoms with Gasteiger partial charge in [-0.2, -0.15) is 0 Å². The first-order valence-electron chi connectivity index (χ1n) is 6.93. The summed E-state index contributed by atoms with van der Waals surface area (Å²) in [5, 5.41) is 0. The molecule has 0 amide bonds. The van der Waals surface area contributed by atoms with Crippen molar-refractivity contribution in [1.29, 1.82) is 0 Å². The lowest BCUT2D eigenvalue weighted by Crippen LogP contribution is -2.51. The van der Waals surface area contributed by atoms with Gasteiger partial charge in [0, 0.05) is 12.6 Å². The molecule has 1 heterocycles. The van der Waals surface area contributed by atoms with Crippen molar-refractivity contribution in [3.8, 4) is 0 Å². The first kappa shape index (κ1) is 14.0. The monoisotopic (exact) mass is 226 g/mol. The first-order valence-corrected chi connectivity index (χ1v) is 6.93. The summed E-state index contributed by atoms with van der Waals surface area (Å²) in [5.74, 6) is 0.972. The Bertz CT molecular complexity index is 187. The summed E-state index contributed by atoms with van der Waals surface area (Å²) in [6.07, 6.45) is 5.50. The molecule has 1 aliphatic heterocycles. The zero-order chi connectivity index (χ0) is 12.2. The number of piperidine rings is 1. The van der Waals surface area contributed by atoms with E-state index in [0.717, 1.165) is 12.5 Å². The van der Waals surface area contributed by atoms with E-state index in [2.05, 4.69) is 32.6 Å². The van der Waals surface area contributed by atoms with E-state index in [1.807, 2.05) is 0 Å². The fourth-order valence-electron chi connectivity index (χ4n) is 3.01. The van der Waals surface area contributed by atoms with Crippen LogP contribution in [-0.4, -0.2) is 30.6 Å². The molecule has 2 heteroatoms. The van der Waals surface area contributed by atoms with Crippen LogP contribution in [0.15, 0.2) is 0 Å². The van der Waals surface area contributed by atoms with Crippen LogP contribution in [0.4, 0.5) is 0 Å². The molecule has 0 aliphatic carbocycles. The third-order valence-electron chi connectivity index (χ3n) is 4.01. The van der Waals surface area contributed by atoms with Crippen molar-refractivity contribution in [1.82, 2.24) is 4.90 Å². The Morgan fingerprint density at radius 1 is 1.25 bits per heavy atom. The Labute approximate surface area is 102 Å². The average Bonchev–Trinajstić information content (AvgIpc) is 2.20. The van der Waals surface area contributed by atoms with E-state index >= 15 is 0 Å². The summed E-state index contributed by atoms with van der Waals surface area (Å²) in [6.45, 7) is 12.5. The van der Waals surface area contributed by atoms with E-state index in [1.165, 1.54) is 38.8 Å². The lowest BCUT2D eigenvalue weighted by atomic mass is 9.83. The number of nitrogens with zero attached hydrogens (tertiary/aromatic N) is 1. The molecule has 1 fully saturated rings. The zero-order valence-corrected chi connectivity index (χ0v) is 11.6. The predicted octanol–water partition coefficient (Wildman–Crippen LogP) is 2.87. The predicted molar refractivity (Wildman–Crippen MR) is 71.5 cm³/mol. The van der Waals surface area contributed by atoms with Gasteiger partial charge < -0.3 is 5.73 Å². The van der Waals surface area contributed by atoms with Crippen molar-refractivity contribution in [3.05, 3.63) is 0 Å². The third kappa shape index (κ3) is 3.74. The molecule has 0 aromatic rings. The van der Waals surface area contributed by atoms with Gasteiger partial charge in [-0.1, -0.05) is 40.5 Å². The van der Waals surface area contributed by atoms with Crippen LogP contribution in [-0.2, 0) is 0 Å². The fourth-order valence-corrected chi connectivity index (χ4v) is 3.01. The average molecular weight is 226 g/mol. The highest BCUT2D eigenvalue weighted by molar-refractivity contribution is 4.86. The van der Waals surface area contributed by atoms with Crippen LogP contribution in [0.2, 0.25) is 0 Å². The molecule has 0 spiro atoms. The number of hydrogen-bond donors (Lipinski definition) is 1. The molecule has 96 valence electrons. The minimum atomic E-state index is 0.312. The van der Waals surface area contributed by atoms with E-state index in [0.29, 0.717) is 11.5 Å². The van der Waals surface area contributed by atoms with Gasteiger partial charge in [-0.05, 0) is 37.3 Å². The fraction of sp³-hybridized carbons (Fsp3) is 1.00. The van der Waals surface area contributed by atoms with Gasteiger partial charge in [0.05, 0.1) is 0 Å². The molecular formula is C14H30N2. The first-order chi connectivity index (χ1) is 7.49. The molecule has 1 saturated heterocycles. The van der Waals surface area contributed by atoms with E-state index < -0.39 is 0 Å². The zero-order valence-electron chi connectivity index (χ0n) is 11.6. The lowest BCUT2D eigenvalue weighted by Gasteiger charge is -2.43. The van der Waals surface area contributed by atoms with Gasteiger partial charge in [0.15, 0.2) is 0 Å². The van der Waals surface area contributed by atoms with Crippen LogP contribution >= 0.6 is 0 Å². The van der Waals surface area contributed by atoms with Crippen molar-refractivity contribution in [3.63, 3.8) is 0 Å². The van der Waals surface area contributed by atoms with E-state index in [9.17, 15) is 0 Å². The second kappa shape index (κ2) is 6.02. The van der Waals surface area contributed by atoms with Gasteiger partial charge in [0.25, 0.3) is 0 Å². The van der Waals surface area contributed by atoms with Crippen molar-refractivity contribution in [2.75, 3.05) is 19.6 Å².